The summed E-state index contributed by atoms with van der Waals surface area (Å²) in [6.45, 7) is 3.74. The molecule has 1 unspecified atom stereocenters. The zero-order chi connectivity index (χ0) is 21.1. The summed E-state index contributed by atoms with van der Waals surface area (Å²) >= 11 is 0. The number of rotatable bonds is 5. The largest absolute Gasteiger partial charge is 0.340 e. The number of carbonyl (C=O) groups excluding carboxylic acids is 1. The Labute approximate surface area is 174 Å². The van der Waals surface area contributed by atoms with Gasteiger partial charge in [0.1, 0.15) is 0 Å². The Kier molecular flexibility index (Phi) is 5.39. The monoisotopic (exact) mass is 398 g/mol. The van der Waals surface area contributed by atoms with E-state index in [0.717, 1.165) is 11.1 Å². The fourth-order valence-electron chi connectivity index (χ4n) is 3.48. The van der Waals surface area contributed by atoms with Gasteiger partial charge in [0.05, 0.1) is 17.5 Å². The lowest BCUT2D eigenvalue weighted by Gasteiger charge is -2.20. The van der Waals surface area contributed by atoms with Crippen molar-refractivity contribution in [1.29, 1.82) is 0 Å². The van der Waals surface area contributed by atoms with Gasteiger partial charge >= 0.3 is 0 Å². The van der Waals surface area contributed by atoms with Gasteiger partial charge in [0, 0.05) is 17.8 Å². The summed E-state index contributed by atoms with van der Waals surface area (Å²) in [6, 6.07) is 20.0. The van der Waals surface area contributed by atoms with Crippen LogP contribution in [-0.2, 0) is 0 Å². The van der Waals surface area contributed by atoms with Crippen molar-refractivity contribution in [2.75, 3.05) is 0 Å². The van der Waals surface area contributed by atoms with Crippen LogP contribution in [0, 0.1) is 0 Å². The standard InChI is InChI=1S/C24H22N4O2/c1-16(2)28-24(30)20-11-7-6-10-19(20)22(27-28)23(29)26-21(17-8-4-3-5-9-17)18-12-14-25-15-13-18/h3-16,21H,1-2H3,(H,26,29). The van der Waals surface area contributed by atoms with Crippen molar-refractivity contribution < 1.29 is 4.79 Å². The molecule has 0 bridgehead atoms. The molecule has 2 heterocycles. The summed E-state index contributed by atoms with van der Waals surface area (Å²) < 4.78 is 1.36. The van der Waals surface area contributed by atoms with Crippen molar-refractivity contribution in [2.45, 2.75) is 25.9 Å². The van der Waals surface area contributed by atoms with Crippen LogP contribution in [0.5, 0.6) is 0 Å². The van der Waals surface area contributed by atoms with Crippen LogP contribution < -0.4 is 10.9 Å². The zero-order valence-corrected chi connectivity index (χ0v) is 16.8. The van der Waals surface area contributed by atoms with Crippen LogP contribution in [0.3, 0.4) is 0 Å². The van der Waals surface area contributed by atoms with Crippen molar-refractivity contribution in [3.8, 4) is 0 Å². The van der Waals surface area contributed by atoms with E-state index < -0.39 is 0 Å². The van der Waals surface area contributed by atoms with E-state index in [9.17, 15) is 9.59 Å². The summed E-state index contributed by atoms with van der Waals surface area (Å²) in [5.41, 5.74) is 1.88. The lowest BCUT2D eigenvalue weighted by atomic mass is 9.99. The molecule has 4 rings (SSSR count). The highest BCUT2D eigenvalue weighted by Gasteiger charge is 2.22. The Morgan fingerprint density at radius 1 is 0.867 bits per heavy atom. The van der Waals surface area contributed by atoms with E-state index in [0.29, 0.717) is 10.8 Å². The Hall–Kier alpha value is -3.80. The molecule has 0 aliphatic heterocycles. The van der Waals surface area contributed by atoms with Crippen LogP contribution in [0.15, 0.2) is 83.9 Å². The van der Waals surface area contributed by atoms with Crippen molar-refractivity contribution in [1.82, 2.24) is 20.1 Å². The Balaban J connectivity index is 1.81. The molecule has 6 nitrogen and oxygen atoms in total. The fourth-order valence-corrected chi connectivity index (χ4v) is 3.48. The highest BCUT2D eigenvalue weighted by Crippen LogP contribution is 2.23. The van der Waals surface area contributed by atoms with E-state index in [-0.39, 0.29) is 29.2 Å². The predicted molar refractivity (Wildman–Crippen MR) is 116 cm³/mol. The van der Waals surface area contributed by atoms with E-state index in [1.54, 1.807) is 36.7 Å². The molecule has 6 heteroatoms. The van der Waals surface area contributed by atoms with E-state index in [1.807, 2.05) is 56.3 Å². The first-order valence-corrected chi connectivity index (χ1v) is 9.83. The number of fused-ring (bicyclic) bond motifs is 1. The normalized spacial score (nSPS) is 12.1. The van der Waals surface area contributed by atoms with Gasteiger partial charge in [0.15, 0.2) is 5.69 Å². The molecule has 0 spiro atoms. The van der Waals surface area contributed by atoms with Crippen molar-refractivity contribution in [2.24, 2.45) is 0 Å². The van der Waals surface area contributed by atoms with Crippen LogP contribution in [0.1, 0.15) is 47.5 Å². The minimum Gasteiger partial charge on any atom is -0.340 e. The first kappa shape index (κ1) is 19.5. The third kappa shape index (κ3) is 3.72. The Bertz CT molecular complexity index is 1200. The molecule has 2 aromatic carbocycles. The van der Waals surface area contributed by atoms with Gasteiger partial charge in [-0.3, -0.25) is 14.6 Å². The number of aromatic nitrogens is 3. The molecule has 1 N–H and O–H groups in total. The number of hydrogen-bond donors (Lipinski definition) is 1. The molecule has 0 fully saturated rings. The number of nitrogens with one attached hydrogen (secondary N) is 1. The highest BCUT2D eigenvalue weighted by molar-refractivity contribution is 6.05. The highest BCUT2D eigenvalue weighted by atomic mass is 16.2. The fraction of sp³-hybridized carbons (Fsp3) is 0.167. The summed E-state index contributed by atoms with van der Waals surface area (Å²) in [6.07, 6.45) is 3.40. The number of carbonyl (C=O) groups is 1. The van der Waals surface area contributed by atoms with Gasteiger partial charge in [0.2, 0.25) is 0 Å². The summed E-state index contributed by atoms with van der Waals surface area (Å²) in [4.78, 5) is 30.2. The third-order valence-electron chi connectivity index (χ3n) is 4.98. The van der Waals surface area contributed by atoms with Gasteiger partial charge in [-0.25, -0.2) is 4.68 Å². The van der Waals surface area contributed by atoms with Crippen molar-refractivity contribution >= 4 is 16.7 Å². The lowest BCUT2D eigenvalue weighted by Crippen LogP contribution is -2.34. The molecule has 4 aromatic rings. The van der Waals surface area contributed by atoms with Crippen molar-refractivity contribution in [3.05, 3.63) is 106 Å². The molecule has 1 atom stereocenters. The average Bonchev–Trinajstić information content (AvgIpc) is 2.78. The maximum atomic E-state index is 13.4. The first-order chi connectivity index (χ1) is 14.6. The predicted octanol–water partition coefficient (Wildman–Crippen LogP) is 3.89. The maximum absolute atomic E-state index is 13.4. The van der Waals surface area contributed by atoms with E-state index in [2.05, 4.69) is 15.4 Å². The van der Waals surface area contributed by atoms with Crippen LogP contribution in [0.2, 0.25) is 0 Å². The van der Waals surface area contributed by atoms with E-state index >= 15 is 0 Å². The minimum absolute atomic E-state index is 0.168. The molecule has 0 aliphatic rings. The SMILES string of the molecule is CC(C)n1nc(C(=O)NC(c2ccccc2)c2ccncc2)c2ccccc2c1=O. The Morgan fingerprint density at radius 3 is 2.13 bits per heavy atom. The van der Waals surface area contributed by atoms with Crippen LogP contribution in [-0.4, -0.2) is 20.7 Å². The molecule has 0 saturated heterocycles. The van der Waals surface area contributed by atoms with Gasteiger partial charge in [-0.2, -0.15) is 5.10 Å². The molecule has 2 aromatic heterocycles. The van der Waals surface area contributed by atoms with E-state index in [1.165, 1.54) is 4.68 Å². The minimum atomic E-state index is -0.373. The molecule has 0 aliphatic carbocycles. The molecular formula is C24H22N4O2. The van der Waals surface area contributed by atoms with E-state index in [4.69, 9.17) is 0 Å². The number of nitrogens with zero attached hydrogens (tertiary/aromatic N) is 3. The van der Waals surface area contributed by atoms with Gasteiger partial charge < -0.3 is 5.32 Å². The number of pyridine rings is 1. The average molecular weight is 398 g/mol. The summed E-state index contributed by atoms with van der Waals surface area (Å²) in [5.74, 6) is -0.341. The topological polar surface area (TPSA) is 76.9 Å². The second-order valence-corrected chi connectivity index (χ2v) is 7.34. The molecule has 0 saturated carbocycles. The number of benzene rings is 2. The molecule has 30 heavy (non-hydrogen) atoms. The summed E-state index contributed by atoms with van der Waals surface area (Å²) in [7, 11) is 0. The zero-order valence-electron chi connectivity index (χ0n) is 16.8. The van der Waals surface area contributed by atoms with Crippen LogP contribution >= 0.6 is 0 Å². The first-order valence-electron chi connectivity index (χ1n) is 9.83. The number of amides is 1. The van der Waals surface area contributed by atoms with Gasteiger partial charge in [0.25, 0.3) is 11.5 Å². The smallest absolute Gasteiger partial charge is 0.274 e. The number of hydrogen-bond acceptors (Lipinski definition) is 4. The van der Waals surface area contributed by atoms with Crippen molar-refractivity contribution in [3.63, 3.8) is 0 Å². The second-order valence-electron chi connectivity index (χ2n) is 7.34. The molecule has 0 radical (unpaired) electrons. The Morgan fingerprint density at radius 2 is 1.47 bits per heavy atom. The molecular weight excluding hydrogens is 376 g/mol. The third-order valence-corrected chi connectivity index (χ3v) is 4.98. The van der Waals surface area contributed by atoms with Gasteiger partial charge in [-0.05, 0) is 43.2 Å². The lowest BCUT2D eigenvalue weighted by molar-refractivity contribution is 0.0937. The second kappa shape index (κ2) is 8.29. The molecule has 150 valence electrons. The van der Waals surface area contributed by atoms with Gasteiger partial charge in [-0.1, -0.05) is 48.5 Å². The quantitative estimate of drug-likeness (QED) is 0.553. The van der Waals surface area contributed by atoms with Crippen LogP contribution in [0.25, 0.3) is 10.8 Å². The van der Waals surface area contributed by atoms with Gasteiger partial charge in [-0.15, -0.1) is 0 Å². The maximum Gasteiger partial charge on any atom is 0.274 e. The summed E-state index contributed by atoms with van der Waals surface area (Å²) in [5, 5.41) is 8.54. The molecule has 1 amide bonds. The van der Waals surface area contributed by atoms with Crippen LogP contribution in [0.4, 0.5) is 0 Å².